The summed E-state index contributed by atoms with van der Waals surface area (Å²) in [7, 11) is 1.30. The van der Waals surface area contributed by atoms with E-state index in [-0.39, 0.29) is 0 Å². The van der Waals surface area contributed by atoms with Crippen LogP contribution in [0.1, 0.15) is 22.6 Å². The van der Waals surface area contributed by atoms with Crippen LogP contribution in [0.5, 0.6) is 0 Å². The number of hydrogen-bond donors (Lipinski definition) is 1. The molecule has 0 aliphatic rings. The number of hydrogen-bond acceptors (Lipinski definition) is 3. The van der Waals surface area contributed by atoms with Crippen LogP contribution in [-0.4, -0.2) is 24.3 Å². The van der Waals surface area contributed by atoms with Gasteiger partial charge in [0.2, 0.25) is 0 Å². The zero-order valence-corrected chi connectivity index (χ0v) is 12.6. The minimum Gasteiger partial charge on any atom is -0.468 e. The maximum atomic E-state index is 12.0. The van der Waals surface area contributed by atoms with Crippen molar-refractivity contribution in [1.29, 1.82) is 0 Å². The van der Waals surface area contributed by atoms with Gasteiger partial charge in [0, 0.05) is 5.56 Å². The summed E-state index contributed by atoms with van der Waals surface area (Å²) < 4.78 is 4.79. The Kier molecular flexibility index (Phi) is 5.35. The molecule has 0 aromatic heterocycles. The maximum absolute atomic E-state index is 12.0. The van der Waals surface area contributed by atoms with Crippen LogP contribution in [0.25, 0.3) is 0 Å². The molecule has 0 aliphatic heterocycles. The lowest BCUT2D eigenvalue weighted by Crippen LogP contribution is -2.26. The molecule has 2 aromatic rings. The molecule has 0 heterocycles. The molecule has 2 atom stereocenters. The van der Waals surface area contributed by atoms with Crippen molar-refractivity contribution in [2.24, 2.45) is 0 Å². The van der Waals surface area contributed by atoms with Crippen LogP contribution in [0.3, 0.4) is 0 Å². The van der Waals surface area contributed by atoms with Gasteiger partial charge >= 0.3 is 5.97 Å². The summed E-state index contributed by atoms with van der Waals surface area (Å²) in [6.07, 6.45) is -1.13. The molecule has 0 fully saturated rings. The standard InChI is InChI=1S/C19H18O3/c1-14-8-10-15(11-9-14)12-13-17(20)18(19(21)22-2)16-6-4-3-5-7-16/h3-11,17-18,20H,1-2H3/t17-,18+/m1/s1. The van der Waals surface area contributed by atoms with Crippen LogP contribution >= 0.6 is 0 Å². The minimum absolute atomic E-state index is 0.503. The predicted molar refractivity (Wildman–Crippen MR) is 85.3 cm³/mol. The summed E-state index contributed by atoms with van der Waals surface area (Å²) >= 11 is 0. The number of carbonyl (C=O) groups excluding carboxylic acids is 1. The van der Waals surface area contributed by atoms with E-state index < -0.39 is 18.0 Å². The number of aryl methyl sites for hydroxylation is 1. The zero-order chi connectivity index (χ0) is 15.9. The van der Waals surface area contributed by atoms with Crippen molar-refractivity contribution >= 4 is 5.97 Å². The third-order valence-corrected chi connectivity index (χ3v) is 3.35. The number of aliphatic hydroxyl groups is 1. The molecule has 22 heavy (non-hydrogen) atoms. The van der Waals surface area contributed by atoms with Crippen LogP contribution in [0.2, 0.25) is 0 Å². The summed E-state index contributed by atoms with van der Waals surface area (Å²) in [6, 6.07) is 16.7. The highest BCUT2D eigenvalue weighted by Crippen LogP contribution is 2.21. The number of ether oxygens (including phenoxy) is 1. The van der Waals surface area contributed by atoms with Crippen molar-refractivity contribution in [3.05, 3.63) is 71.3 Å². The average Bonchev–Trinajstić information content (AvgIpc) is 2.55. The monoisotopic (exact) mass is 294 g/mol. The Morgan fingerprint density at radius 2 is 1.73 bits per heavy atom. The molecular formula is C19H18O3. The number of aliphatic hydroxyl groups excluding tert-OH is 1. The Morgan fingerprint density at radius 3 is 2.32 bits per heavy atom. The van der Waals surface area contributed by atoms with Crippen LogP contribution in [-0.2, 0) is 9.53 Å². The summed E-state index contributed by atoms with van der Waals surface area (Å²) in [6.45, 7) is 1.99. The number of carbonyl (C=O) groups is 1. The summed E-state index contributed by atoms with van der Waals surface area (Å²) in [5, 5.41) is 10.3. The lowest BCUT2D eigenvalue weighted by atomic mass is 9.93. The highest BCUT2D eigenvalue weighted by Gasteiger charge is 2.28. The average molecular weight is 294 g/mol. The lowest BCUT2D eigenvalue weighted by molar-refractivity contribution is -0.144. The van der Waals surface area contributed by atoms with Gasteiger partial charge in [0.05, 0.1) is 7.11 Å². The molecule has 2 aromatic carbocycles. The number of rotatable bonds is 3. The molecule has 0 aliphatic carbocycles. The Hall–Kier alpha value is -2.57. The SMILES string of the molecule is COC(=O)[C@@H](c1ccccc1)[C@H](O)C#Cc1ccc(C)cc1. The molecule has 1 N–H and O–H groups in total. The van der Waals surface area contributed by atoms with E-state index in [1.54, 1.807) is 12.1 Å². The third kappa shape index (κ3) is 3.97. The Balaban J connectivity index is 2.25. The molecule has 112 valence electrons. The van der Waals surface area contributed by atoms with Crippen molar-refractivity contribution in [3.63, 3.8) is 0 Å². The van der Waals surface area contributed by atoms with E-state index in [9.17, 15) is 9.90 Å². The second kappa shape index (κ2) is 7.44. The molecule has 0 radical (unpaired) electrons. The number of methoxy groups -OCH3 is 1. The van der Waals surface area contributed by atoms with Gasteiger partial charge in [0.1, 0.15) is 12.0 Å². The Morgan fingerprint density at radius 1 is 1.09 bits per heavy atom. The number of benzene rings is 2. The van der Waals surface area contributed by atoms with Gasteiger partial charge in [-0.2, -0.15) is 0 Å². The molecular weight excluding hydrogens is 276 g/mol. The topological polar surface area (TPSA) is 46.5 Å². The predicted octanol–water partition coefficient (Wildman–Crippen LogP) is 2.66. The van der Waals surface area contributed by atoms with Crippen molar-refractivity contribution < 1.29 is 14.6 Å². The van der Waals surface area contributed by atoms with Gasteiger partial charge in [-0.15, -0.1) is 0 Å². The fourth-order valence-electron chi connectivity index (χ4n) is 2.11. The van der Waals surface area contributed by atoms with Crippen molar-refractivity contribution in [3.8, 4) is 11.8 Å². The fraction of sp³-hybridized carbons (Fsp3) is 0.211. The van der Waals surface area contributed by atoms with Crippen LogP contribution in [0.15, 0.2) is 54.6 Å². The summed E-state index contributed by atoms with van der Waals surface area (Å²) in [5.74, 6) is 4.31. The van der Waals surface area contributed by atoms with Gasteiger partial charge < -0.3 is 9.84 Å². The third-order valence-electron chi connectivity index (χ3n) is 3.35. The number of esters is 1. The molecule has 2 rings (SSSR count). The zero-order valence-electron chi connectivity index (χ0n) is 12.6. The summed E-state index contributed by atoms with van der Waals surface area (Å²) in [4.78, 5) is 12.0. The second-order valence-electron chi connectivity index (χ2n) is 4.99. The van der Waals surface area contributed by atoms with Crippen LogP contribution in [0, 0.1) is 18.8 Å². The fourth-order valence-corrected chi connectivity index (χ4v) is 2.11. The van der Waals surface area contributed by atoms with E-state index in [0.29, 0.717) is 5.56 Å². The van der Waals surface area contributed by atoms with Gasteiger partial charge in [0.25, 0.3) is 0 Å². The van der Waals surface area contributed by atoms with Gasteiger partial charge in [-0.05, 0) is 24.6 Å². The minimum atomic E-state index is -1.13. The molecule has 0 bridgehead atoms. The van der Waals surface area contributed by atoms with E-state index >= 15 is 0 Å². The first-order chi connectivity index (χ1) is 10.6. The van der Waals surface area contributed by atoms with Crippen molar-refractivity contribution in [2.45, 2.75) is 18.9 Å². The van der Waals surface area contributed by atoms with Crippen molar-refractivity contribution in [2.75, 3.05) is 7.11 Å². The first-order valence-electron chi connectivity index (χ1n) is 7.01. The van der Waals surface area contributed by atoms with Gasteiger partial charge in [0.15, 0.2) is 0 Å². The van der Waals surface area contributed by atoms with Gasteiger partial charge in [-0.3, -0.25) is 4.79 Å². The van der Waals surface area contributed by atoms with E-state index in [2.05, 4.69) is 11.8 Å². The van der Waals surface area contributed by atoms with E-state index in [1.807, 2.05) is 49.4 Å². The first kappa shape index (κ1) is 15.8. The van der Waals surface area contributed by atoms with Gasteiger partial charge in [-0.25, -0.2) is 0 Å². The largest absolute Gasteiger partial charge is 0.468 e. The van der Waals surface area contributed by atoms with Gasteiger partial charge in [-0.1, -0.05) is 59.9 Å². The van der Waals surface area contributed by atoms with Crippen LogP contribution in [0.4, 0.5) is 0 Å². The molecule has 0 saturated heterocycles. The normalized spacial score (nSPS) is 12.7. The highest BCUT2D eigenvalue weighted by molar-refractivity contribution is 5.79. The quantitative estimate of drug-likeness (QED) is 0.699. The van der Waals surface area contributed by atoms with Crippen LogP contribution < -0.4 is 0 Å². The maximum Gasteiger partial charge on any atom is 0.316 e. The lowest BCUT2D eigenvalue weighted by Gasteiger charge is -2.17. The first-order valence-corrected chi connectivity index (χ1v) is 7.01. The van der Waals surface area contributed by atoms with E-state index in [0.717, 1.165) is 11.1 Å². The molecule has 3 nitrogen and oxygen atoms in total. The smallest absolute Gasteiger partial charge is 0.316 e. The second-order valence-corrected chi connectivity index (χ2v) is 4.99. The van der Waals surface area contributed by atoms with E-state index in [4.69, 9.17) is 4.74 Å². The summed E-state index contributed by atoms with van der Waals surface area (Å²) in [5.41, 5.74) is 2.62. The molecule has 0 unspecified atom stereocenters. The molecule has 0 amide bonds. The molecule has 0 spiro atoms. The Bertz CT molecular complexity index is 678. The Labute approximate surface area is 130 Å². The van der Waals surface area contributed by atoms with E-state index in [1.165, 1.54) is 7.11 Å². The van der Waals surface area contributed by atoms with Crippen molar-refractivity contribution in [1.82, 2.24) is 0 Å². The molecule has 0 saturated carbocycles. The highest BCUT2D eigenvalue weighted by atomic mass is 16.5. The molecule has 3 heteroatoms.